The van der Waals surface area contributed by atoms with Gasteiger partial charge in [-0.25, -0.2) is 0 Å². The van der Waals surface area contributed by atoms with Crippen LogP contribution in [0.3, 0.4) is 0 Å². The molecule has 0 radical (unpaired) electrons. The maximum absolute atomic E-state index is 12.7. The standard InChI is InChI=1S/C15H14ClN3O3/c16-12-9-10(19(21)22)5-6-11(12)15(20)18-8-2-4-14(18)13-3-1-7-17-13/h1,3,5-7,9,14,17H,2,4,8H2. The summed E-state index contributed by atoms with van der Waals surface area (Å²) in [5.41, 5.74) is 1.17. The number of nitrogens with one attached hydrogen (secondary N) is 1. The van der Waals surface area contributed by atoms with Crippen molar-refractivity contribution < 1.29 is 9.72 Å². The summed E-state index contributed by atoms with van der Waals surface area (Å²) in [6.07, 6.45) is 3.63. The maximum Gasteiger partial charge on any atom is 0.270 e. The molecule has 2 aromatic rings. The second kappa shape index (κ2) is 5.81. The molecule has 2 heterocycles. The topological polar surface area (TPSA) is 79.2 Å². The third kappa shape index (κ3) is 2.57. The van der Waals surface area contributed by atoms with Crippen molar-refractivity contribution in [2.24, 2.45) is 0 Å². The number of benzene rings is 1. The van der Waals surface area contributed by atoms with Gasteiger partial charge in [0.1, 0.15) is 0 Å². The molecule has 0 saturated carbocycles. The van der Waals surface area contributed by atoms with Crippen LogP contribution in [0.15, 0.2) is 36.5 Å². The molecular weight excluding hydrogens is 306 g/mol. The lowest BCUT2D eigenvalue weighted by Crippen LogP contribution is -2.30. The Morgan fingerprint density at radius 1 is 1.41 bits per heavy atom. The molecule has 1 atom stereocenters. The first-order chi connectivity index (χ1) is 10.6. The summed E-state index contributed by atoms with van der Waals surface area (Å²) in [6.45, 7) is 0.649. The summed E-state index contributed by atoms with van der Waals surface area (Å²) in [5, 5.41) is 10.9. The van der Waals surface area contributed by atoms with Crippen LogP contribution >= 0.6 is 11.6 Å². The van der Waals surface area contributed by atoms with E-state index in [0.29, 0.717) is 12.1 Å². The Bertz CT molecular complexity index is 715. The number of halogens is 1. The van der Waals surface area contributed by atoms with Gasteiger partial charge in [0.05, 0.1) is 21.6 Å². The summed E-state index contributed by atoms with van der Waals surface area (Å²) in [6, 6.07) is 7.79. The number of hydrogen-bond donors (Lipinski definition) is 1. The lowest BCUT2D eigenvalue weighted by atomic mass is 10.1. The molecule has 1 saturated heterocycles. The average molecular weight is 320 g/mol. The maximum atomic E-state index is 12.7. The number of H-pyrrole nitrogens is 1. The first-order valence-electron chi connectivity index (χ1n) is 6.96. The first kappa shape index (κ1) is 14.6. The minimum absolute atomic E-state index is 0.00578. The van der Waals surface area contributed by atoms with Gasteiger partial charge in [-0.15, -0.1) is 0 Å². The number of nitro groups is 1. The molecule has 1 aliphatic rings. The highest BCUT2D eigenvalue weighted by Crippen LogP contribution is 2.34. The molecule has 1 N–H and O–H groups in total. The molecule has 114 valence electrons. The summed E-state index contributed by atoms with van der Waals surface area (Å²) in [4.78, 5) is 27.8. The summed E-state index contributed by atoms with van der Waals surface area (Å²) < 4.78 is 0. The molecule has 0 bridgehead atoms. The van der Waals surface area contributed by atoms with Crippen molar-refractivity contribution in [1.82, 2.24) is 9.88 Å². The van der Waals surface area contributed by atoms with Crippen LogP contribution in [0, 0.1) is 10.1 Å². The third-order valence-electron chi connectivity index (χ3n) is 3.89. The van der Waals surface area contributed by atoms with Gasteiger partial charge in [0.25, 0.3) is 11.6 Å². The van der Waals surface area contributed by atoms with Crippen LogP contribution in [0.2, 0.25) is 5.02 Å². The number of nitrogens with zero attached hydrogens (tertiary/aromatic N) is 2. The summed E-state index contributed by atoms with van der Waals surface area (Å²) >= 11 is 6.06. The van der Waals surface area contributed by atoms with Crippen molar-refractivity contribution in [3.8, 4) is 0 Å². The van der Waals surface area contributed by atoms with E-state index in [0.717, 1.165) is 18.5 Å². The van der Waals surface area contributed by atoms with Crippen LogP contribution in [0.5, 0.6) is 0 Å². The van der Waals surface area contributed by atoms with E-state index in [4.69, 9.17) is 11.6 Å². The van der Waals surface area contributed by atoms with Crippen molar-refractivity contribution in [2.75, 3.05) is 6.54 Å². The second-order valence-electron chi connectivity index (χ2n) is 5.20. The van der Waals surface area contributed by atoms with Crippen LogP contribution in [0.25, 0.3) is 0 Å². The van der Waals surface area contributed by atoms with Gasteiger partial charge in [0.2, 0.25) is 0 Å². The molecule has 1 aromatic carbocycles. The molecule has 1 aromatic heterocycles. The largest absolute Gasteiger partial charge is 0.363 e. The van der Waals surface area contributed by atoms with Crippen LogP contribution < -0.4 is 0 Å². The van der Waals surface area contributed by atoms with Crippen LogP contribution in [0.4, 0.5) is 5.69 Å². The Hall–Kier alpha value is -2.34. The molecule has 1 unspecified atom stereocenters. The van der Waals surface area contributed by atoms with Crippen molar-refractivity contribution in [3.05, 3.63) is 62.9 Å². The van der Waals surface area contributed by atoms with Crippen molar-refractivity contribution in [1.29, 1.82) is 0 Å². The summed E-state index contributed by atoms with van der Waals surface area (Å²) in [7, 11) is 0. The predicted molar refractivity (Wildman–Crippen MR) is 81.9 cm³/mol. The molecule has 0 aliphatic carbocycles. The predicted octanol–water partition coefficient (Wildman–Crippen LogP) is 3.55. The van der Waals surface area contributed by atoms with Crippen molar-refractivity contribution in [2.45, 2.75) is 18.9 Å². The Morgan fingerprint density at radius 2 is 2.23 bits per heavy atom. The molecule has 1 amide bonds. The molecule has 1 aliphatic heterocycles. The zero-order chi connectivity index (χ0) is 15.7. The highest BCUT2D eigenvalue weighted by Gasteiger charge is 2.32. The average Bonchev–Trinajstić information content (AvgIpc) is 3.16. The van der Waals surface area contributed by atoms with Gasteiger partial charge < -0.3 is 9.88 Å². The van der Waals surface area contributed by atoms with Crippen LogP contribution in [-0.2, 0) is 0 Å². The number of rotatable bonds is 3. The number of aromatic amines is 1. The number of amides is 1. The second-order valence-corrected chi connectivity index (χ2v) is 5.61. The minimum atomic E-state index is -0.530. The van der Waals surface area contributed by atoms with Gasteiger partial charge in [-0.1, -0.05) is 11.6 Å². The van der Waals surface area contributed by atoms with Crippen LogP contribution in [-0.4, -0.2) is 27.3 Å². The first-order valence-corrected chi connectivity index (χ1v) is 7.34. The van der Waals surface area contributed by atoms with Gasteiger partial charge >= 0.3 is 0 Å². The molecule has 22 heavy (non-hydrogen) atoms. The summed E-state index contributed by atoms with van der Waals surface area (Å²) in [5.74, 6) is -0.197. The number of carbonyl (C=O) groups is 1. The Kier molecular flexibility index (Phi) is 3.85. The molecule has 3 rings (SSSR count). The number of non-ortho nitro benzene ring substituents is 1. The van der Waals surface area contributed by atoms with E-state index in [2.05, 4.69) is 4.98 Å². The SMILES string of the molecule is O=C(c1ccc([N+](=O)[O-])cc1Cl)N1CCCC1c1ccc[nH]1. The van der Waals surface area contributed by atoms with E-state index < -0.39 is 4.92 Å². The normalized spacial score (nSPS) is 17.7. The van der Waals surface area contributed by atoms with Crippen LogP contribution in [0.1, 0.15) is 34.9 Å². The van der Waals surface area contributed by atoms with Crippen molar-refractivity contribution >= 4 is 23.2 Å². The van der Waals surface area contributed by atoms with E-state index in [9.17, 15) is 14.9 Å². The minimum Gasteiger partial charge on any atom is -0.363 e. The fourth-order valence-corrected chi connectivity index (χ4v) is 3.09. The molecule has 7 heteroatoms. The fraction of sp³-hybridized carbons (Fsp3) is 0.267. The van der Waals surface area contributed by atoms with E-state index in [1.807, 2.05) is 18.3 Å². The third-order valence-corrected chi connectivity index (χ3v) is 4.20. The molecular formula is C15H14ClN3O3. The Labute approximate surface area is 131 Å². The number of hydrogen-bond acceptors (Lipinski definition) is 3. The smallest absolute Gasteiger partial charge is 0.270 e. The van der Waals surface area contributed by atoms with Crippen molar-refractivity contribution in [3.63, 3.8) is 0 Å². The van der Waals surface area contributed by atoms with E-state index in [-0.39, 0.29) is 22.7 Å². The lowest BCUT2D eigenvalue weighted by molar-refractivity contribution is -0.384. The quantitative estimate of drug-likeness (QED) is 0.694. The lowest BCUT2D eigenvalue weighted by Gasteiger charge is -2.24. The van der Waals surface area contributed by atoms with Gasteiger partial charge in [0.15, 0.2) is 0 Å². The van der Waals surface area contributed by atoms with Gasteiger partial charge in [-0.3, -0.25) is 14.9 Å². The molecule has 6 nitrogen and oxygen atoms in total. The highest BCUT2D eigenvalue weighted by molar-refractivity contribution is 6.34. The number of likely N-dealkylation sites (tertiary alicyclic amines) is 1. The van der Waals surface area contributed by atoms with Gasteiger partial charge in [0, 0.05) is 30.6 Å². The Morgan fingerprint density at radius 3 is 2.86 bits per heavy atom. The van der Waals surface area contributed by atoms with E-state index in [1.165, 1.54) is 18.2 Å². The van der Waals surface area contributed by atoms with Gasteiger partial charge in [-0.05, 0) is 31.0 Å². The number of aromatic nitrogens is 1. The number of nitro benzene ring substituents is 1. The fourth-order valence-electron chi connectivity index (χ4n) is 2.83. The monoisotopic (exact) mass is 319 g/mol. The number of carbonyl (C=O) groups excluding carboxylic acids is 1. The zero-order valence-corrected chi connectivity index (χ0v) is 12.4. The molecule has 1 fully saturated rings. The zero-order valence-electron chi connectivity index (χ0n) is 11.7. The highest BCUT2D eigenvalue weighted by atomic mass is 35.5. The Balaban J connectivity index is 1.89. The molecule has 0 spiro atoms. The van der Waals surface area contributed by atoms with Gasteiger partial charge in [-0.2, -0.15) is 0 Å². The van der Waals surface area contributed by atoms with E-state index >= 15 is 0 Å². The van der Waals surface area contributed by atoms with E-state index in [1.54, 1.807) is 4.90 Å².